The molecule has 7 nitrogen and oxygen atoms in total. The monoisotopic (exact) mass is 386 g/mol. The molecule has 146 valence electrons. The summed E-state index contributed by atoms with van der Waals surface area (Å²) in [5.41, 5.74) is 1.94. The van der Waals surface area contributed by atoms with Gasteiger partial charge in [-0.25, -0.2) is 0 Å². The molecule has 1 aliphatic rings. The summed E-state index contributed by atoms with van der Waals surface area (Å²) in [6.45, 7) is 2.79. The number of hydrogen-bond donors (Lipinski definition) is 1. The zero-order chi connectivity index (χ0) is 19.9. The molecule has 0 aliphatic carbocycles. The predicted molar refractivity (Wildman–Crippen MR) is 114 cm³/mol. The molecule has 0 atom stereocenters. The molecular formula is C22H22N6O. The Bertz CT molecular complexity index is 952. The highest BCUT2D eigenvalue weighted by atomic mass is 16.2. The van der Waals surface area contributed by atoms with Crippen LogP contribution in [0.15, 0.2) is 73.1 Å². The summed E-state index contributed by atoms with van der Waals surface area (Å²) in [6, 6.07) is 17.4. The molecule has 0 saturated carbocycles. The molecule has 0 unspecified atom stereocenters. The summed E-state index contributed by atoms with van der Waals surface area (Å²) in [7, 11) is 0. The first-order valence-corrected chi connectivity index (χ1v) is 9.56. The topological polar surface area (TPSA) is 74.2 Å². The Kier molecular flexibility index (Phi) is 5.76. The number of nitrogens with zero attached hydrogens (tertiary/aromatic N) is 5. The number of rotatable bonds is 5. The first-order chi connectivity index (χ1) is 14.3. The molecule has 1 fully saturated rings. The highest BCUT2D eigenvalue weighted by Gasteiger charge is 2.20. The molecule has 3 aromatic rings. The molecule has 4 rings (SSSR count). The lowest BCUT2D eigenvalue weighted by Crippen LogP contribution is -2.48. The van der Waals surface area contributed by atoms with Crippen molar-refractivity contribution < 1.29 is 4.79 Å². The van der Waals surface area contributed by atoms with Crippen molar-refractivity contribution in [3.8, 4) is 0 Å². The third-order valence-electron chi connectivity index (χ3n) is 4.74. The molecule has 1 saturated heterocycles. The van der Waals surface area contributed by atoms with Crippen LogP contribution >= 0.6 is 0 Å². The van der Waals surface area contributed by atoms with Crippen LogP contribution < -0.4 is 10.2 Å². The molecule has 29 heavy (non-hydrogen) atoms. The first kappa shape index (κ1) is 18.6. The van der Waals surface area contributed by atoms with Crippen molar-refractivity contribution in [1.82, 2.24) is 20.1 Å². The fourth-order valence-corrected chi connectivity index (χ4v) is 3.14. The first-order valence-electron chi connectivity index (χ1n) is 9.56. The van der Waals surface area contributed by atoms with Crippen molar-refractivity contribution >= 4 is 29.3 Å². The number of pyridine rings is 1. The highest BCUT2D eigenvalue weighted by Crippen LogP contribution is 2.17. The van der Waals surface area contributed by atoms with Crippen LogP contribution in [0.2, 0.25) is 0 Å². The maximum Gasteiger partial charge on any atom is 0.246 e. The summed E-state index contributed by atoms with van der Waals surface area (Å²) in [5.74, 6) is 1.54. The summed E-state index contributed by atoms with van der Waals surface area (Å²) in [6.07, 6.45) is 6.94. The van der Waals surface area contributed by atoms with Gasteiger partial charge in [0, 0.05) is 50.3 Å². The number of anilines is 3. The minimum atomic E-state index is 0.0384. The molecule has 1 aliphatic heterocycles. The van der Waals surface area contributed by atoms with Crippen molar-refractivity contribution in [3.63, 3.8) is 0 Å². The molecule has 1 aromatic carbocycles. The number of benzene rings is 1. The lowest BCUT2D eigenvalue weighted by atomic mass is 10.2. The number of amides is 1. The van der Waals surface area contributed by atoms with E-state index in [1.54, 1.807) is 18.5 Å². The van der Waals surface area contributed by atoms with Gasteiger partial charge < -0.3 is 15.1 Å². The van der Waals surface area contributed by atoms with E-state index in [9.17, 15) is 4.79 Å². The lowest BCUT2D eigenvalue weighted by Gasteiger charge is -2.34. The van der Waals surface area contributed by atoms with E-state index < -0.39 is 0 Å². The smallest absolute Gasteiger partial charge is 0.246 e. The van der Waals surface area contributed by atoms with Crippen molar-refractivity contribution in [1.29, 1.82) is 0 Å². The van der Waals surface area contributed by atoms with Crippen LogP contribution in [-0.4, -0.2) is 52.2 Å². The largest absolute Gasteiger partial charge is 0.352 e. The van der Waals surface area contributed by atoms with E-state index in [2.05, 4.69) is 25.4 Å². The fraction of sp³-hybridized carbons (Fsp3) is 0.182. The van der Waals surface area contributed by atoms with Gasteiger partial charge >= 0.3 is 0 Å². The summed E-state index contributed by atoms with van der Waals surface area (Å²) < 4.78 is 0. The van der Waals surface area contributed by atoms with Crippen LogP contribution in [-0.2, 0) is 4.79 Å². The van der Waals surface area contributed by atoms with Gasteiger partial charge in [0.1, 0.15) is 0 Å². The van der Waals surface area contributed by atoms with E-state index in [1.807, 2.05) is 65.6 Å². The van der Waals surface area contributed by atoms with E-state index in [0.717, 1.165) is 30.2 Å². The number of carbonyl (C=O) groups is 1. The fourth-order valence-electron chi connectivity index (χ4n) is 3.14. The molecule has 1 amide bonds. The third-order valence-corrected chi connectivity index (χ3v) is 4.74. The van der Waals surface area contributed by atoms with E-state index in [-0.39, 0.29) is 5.91 Å². The maximum atomic E-state index is 12.4. The van der Waals surface area contributed by atoms with Crippen LogP contribution in [0.25, 0.3) is 6.08 Å². The predicted octanol–water partition coefficient (Wildman–Crippen LogP) is 2.98. The van der Waals surface area contributed by atoms with Gasteiger partial charge in [0.15, 0.2) is 11.6 Å². The molecular weight excluding hydrogens is 364 g/mol. The number of aromatic nitrogens is 3. The third kappa shape index (κ3) is 4.95. The van der Waals surface area contributed by atoms with Crippen molar-refractivity contribution in [3.05, 3.63) is 78.6 Å². The molecule has 1 N–H and O–H groups in total. The molecule has 7 heteroatoms. The van der Waals surface area contributed by atoms with E-state index >= 15 is 0 Å². The SMILES string of the molecule is O=C(C=Cc1ccccc1)N1CCN(c2ccc(Nc3ccncc3)nn2)CC1. The van der Waals surface area contributed by atoms with Crippen molar-refractivity contribution in [2.45, 2.75) is 0 Å². The van der Waals surface area contributed by atoms with Gasteiger partial charge in [0.05, 0.1) is 0 Å². The molecule has 0 spiro atoms. The van der Waals surface area contributed by atoms with Crippen LogP contribution in [0.5, 0.6) is 0 Å². The second-order valence-electron chi connectivity index (χ2n) is 6.69. The Labute approximate surface area is 169 Å². The molecule has 0 radical (unpaired) electrons. The van der Waals surface area contributed by atoms with E-state index in [0.29, 0.717) is 18.9 Å². The molecule has 2 aromatic heterocycles. The Morgan fingerprint density at radius 2 is 1.66 bits per heavy atom. The van der Waals surface area contributed by atoms with E-state index in [4.69, 9.17) is 0 Å². The number of nitrogens with one attached hydrogen (secondary N) is 1. The minimum Gasteiger partial charge on any atom is -0.352 e. The van der Waals surface area contributed by atoms with Crippen LogP contribution in [0, 0.1) is 0 Å². The van der Waals surface area contributed by atoms with Gasteiger partial charge in [-0.15, -0.1) is 10.2 Å². The second kappa shape index (κ2) is 8.97. The normalized spacial score (nSPS) is 14.2. The van der Waals surface area contributed by atoms with Gasteiger partial charge in [0.25, 0.3) is 0 Å². The maximum absolute atomic E-state index is 12.4. The van der Waals surface area contributed by atoms with Crippen molar-refractivity contribution in [2.75, 3.05) is 36.4 Å². The number of hydrogen-bond acceptors (Lipinski definition) is 6. The average molecular weight is 386 g/mol. The number of piperazine rings is 1. The van der Waals surface area contributed by atoms with Gasteiger partial charge in [-0.05, 0) is 35.9 Å². The highest BCUT2D eigenvalue weighted by molar-refractivity contribution is 5.91. The van der Waals surface area contributed by atoms with Crippen LogP contribution in [0.4, 0.5) is 17.3 Å². The van der Waals surface area contributed by atoms with Gasteiger partial charge in [-0.1, -0.05) is 30.3 Å². The average Bonchev–Trinajstić information content (AvgIpc) is 2.79. The van der Waals surface area contributed by atoms with Crippen molar-refractivity contribution in [2.24, 2.45) is 0 Å². The summed E-state index contributed by atoms with van der Waals surface area (Å²) >= 11 is 0. The van der Waals surface area contributed by atoms with Crippen LogP contribution in [0.3, 0.4) is 0 Å². The quantitative estimate of drug-likeness (QED) is 0.680. The second-order valence-corrected chi connectivity index (χ2v) is 6.69. The Hall–Kier alpha value is -3.74. The van der Waals surface area contributed by atoms with Gasteiger partial charge in [0.2, 0.25) is 5.91 Å². The molecule has 0 bridgehead atoms. The lowest BCUT2D eigenvalue weighted by molar-refractivity contribution is -0.126. The van der Waals surface area contributed by atoms with Gasteiger partial charge in [-0.3, -0.25) is 9.78 Å². The van der Waals surface area contributed by atoms with Crippen LogP contribution in [0.1, 0.15) is 5.56 Å². The zero-order valence-corrected chi connectivity index (χ0v) is 16.0. The minimum absolute atomic E-state index is 0.0384. The zero-order valence-electron chi connectivity index (χ0n) is 16.0. The number of carbonyl (C=O) groups excluding carboxylic acids is 1. The summed E-state index contributed by atoms with van der Waals surface area (Å²) in [5, 5.41) is 11.8. The Morgan fingerprint density at radius 3 is 2.34 bits per heavy atom. The standard InChI is InChI=1S/C22H22N6O/c29-22(9-6-18-4-2-1-3-5-18)28-16-14-27(15-17-28)21-8-7-20(25-26-21)24-19-10-12-23-13-11-19/h1-13H,14-17H2,(H,23,24,25). The van der Waals surface area contributed by atoms with E-state index in [1.165, 1.54) is 0 Å². The molecule has 3 heterocycles. The van der Waals surface area contributed by atoms with Gasteiger partial charge in [-0.2, -0.15) is 0 Å². The Morgan fingerprint density at radius 1 is 0.897 bits per heavy atom. The summed E-state index contributed by atoms with van der Waals surface area (Å²) in [4.78, 5) is 20.4. The Balaban J connectivity index is 1.30.